The van der Waals surface area contributed by atoms with Crippen LogP contribution in [0.15, 0.2) is 6.20 Å². The predicted octanol–water partition coefficient (Wildman–Crippen LogP) is 2.42. The third kappa shape index (κ3) is 2.75. The minimum Gasteiger partial charge on any atom is -0.477 e. The molecule has 15 heavy (non-hydrogen) atoms. The summed E-state index contributed by atoms with van der Waals surface area (Å²) < 4.78 is 1.78. The van der Waals surface area contributed by atoms with Crippen LogP contribution in [0, 0.1) is 0 Å². The Morgan fingerprint density at radius 3 is 2.80 bits per heavy atom. The summed E-state index contributed by atoms with van der Waals surface area (Å²) in [4.78, 5) is 15.1. The first kappa shape index (κ1) is 12.1. The number of hydrogen-bond acceptors (Lipinski definition) is 3. The molecule has 0 unspecified atom stereocenters. The molecule has 1 aromatic heterocycles. The molecule has 0 atom stereocenters. The molecular weight excluding hydrogens is 212 g/mol. The standard InChI is InChI=1S/C10H16N2O2S/c1-4-15-6-9-11-5-8(10(13)14)12(9)7(2)3/h5,7H,4,6H2,1-3H3,(H,13,14). The van der Waals surface area contributed by atoms with Crippen molar-refractivity contribution in [2.45, 2.75) is 32.6 Å². The first-order chi connectivity index (χ1) is 7.07. The summed E-state index contributed by atoms with van der Waals surface area (Å²) in [6.07, 6.45) is 1.44. The van der Waals surface area contributed by atoms with Crippen molar-refractivity contribution in [3.63, 3.8) is 0 Å². The quantitative estimate of drug-likeness (QED) is 0.840. The van der Waals surface area contributed by atoms with Crippen LogP contribution in [0.5, 0.6) is 0 Å². The lowest BCUT2D eigenvalue weighted by atomic mass is 10.3. The zero-order valence-corrected chi connectivity index (χ0v) is 10.0. The van der Waals surface area contributed by atoms with Crippen LogP contribution < -0.4 is 0 Å². The van der Waals surface area contributed by atoms with Crippen LogP contribution in [-0.2, 0) is 5.75 Å². The monoisotopic (exact) mass is 228 g/mol. The molecular formula is C10H16N2O2S. The highest BCUT2D eigenvalue weighted by molar-refractivity contribution is 7.98. The molecule has 0 radical (unpaired) electrons. The number of carbonyl (C=O) groups is 1. The average Bonchev–Trinajstić information content (AvgIpc) is 2.58. The largest absolute Gasteiger partial charge is 0.477 e. The molecule has 0 bridgehead atoms. The van der Waals surface area contributed by atoms with Gasteiger partial charge in [0.05, 0.1) is 11.9 Å². The summed E-state index contributed by atoms with van der Waals surface area (Å²) in [5.74, 6) is 1.70. The van der Waals surface area contributed by atoms with E-state index in [1.54, 1.807) is 16.3 Å². The van der Waals surface area contributed by atoms with Gasteiger partial charge in [0.15, 0.2) is 0 Å². The van der Waals surface area contributed by atoms with Gasteiger partial charge in [-0.25, -0.2) is 9.78 Å². The molecule has 0 aromatic carbocycles. The zero-order valence-electron chi connectivity index (χ0n) is 9.23. The highest BCUT2D eigenvalue weighted by atomic mass is 32.2. The topological polar surface area (TPSA) is 55.1 Å². The fourth-order valence-corrected chi connectivity index (χ4v) is 2.03. The van der Waals surface area contributed by atoms with Crippen molar-refractivity contribution < 1.29 is 9.90 Å². The van der Waals surface area contributed by atoms with Gasteiger partial charge >= 0.3 is 5.97 Å². The van der Waals surface area contributed by atoms with E-state index in [0.29, 0.717) is 0 Å². The van der Waals surface area contributed by atoms with Gasteiger partial charge in [-0.3, -0.25) is 0 Å². The van der Waals surface area contributed by atoms with Gasteiger partial charge in [-0.1, -0.05) is 6.92 Å². The molecule has 1 aromatic rings. The van der Waals surface area contributed by atoms with Crippen molar-refractivity contribution in [3.8, 4) is 0 Å². The molecule has 0 aliphatic rings. The average molecular weight is 228 g/mol. The lowest BCUT2D eigenvalue weighted by molar-refractivity contribution is 0.0683. The van der Waals surface area contributed by atoms with E-state index in [4.69, 9.17) is 5.11 Å². The fourth-order valence-electron chi connectivity index (χ4n) is 1.43. The van der Waals surface area contributed by atoms with E-state index < -0.39 is 5.97 Å². The van der Waals surface area contributed by atoms with Crippen molar-refractivity contribution in [1.29, 1.82) is 0 Å². The van der Waals surface area contributed by atoms with Crippen LogP contribution in [0.3, 0.4) is 0 Å². The zero-order chi connectivity index (χ0) is 11.4. The first-order valence-electron chi connectivity index (χ1n) is 4.95. The van der Waals surface area contributed by atoms with E-state index in [1.165, 1.54) is 6.20 Å². The normalized spacial score (nSPS) is 10.9. The van der Waals surface area contributed by atoms with E-state index in [-0.39, 0.29) is 11.7 Å². The van der Waals surface area contributed by atoms with Crippen molar-refractivity contribution in [2.75, 3.05) is 5.75 Å². The minimum absolute atomic E-state index is 0.131. The second-order valence-electron chi connectivity index (χ2n) is 3.47. The van der Waals surface area contributed by atoms with Gasteiger partial charge in [0.2, 0.25) is 0 Å². The molecule has 0 saturated heterocycles. The second kappa shape index (κ2) is 5.21. The van der Waals surface area contributed by atoms with Crippen molar-refractivity contribution in [3.05, 3.63) is 17.7 Å². The summed E-state index contributed by atoms with van der Waals surface area (Å²) >= 11 is 1.74. The SMILES string of the molecule is CCSCc1ncc(C(=O)O)n1C(C)C. The number of nitrogens with zero attached hydrogens (tertiary/aromatic N) is 2. The van der Waals surface area contributed by atoms with Gasteiger partial charge < -0.3 is 9.67 Å². The van der Waals surface area contributed by atoms with Gasteiger partial charge in [-0.2, -0.15) is 11.8 Å². The highest BCUT2D eigenvalue weighted by Gasteiger charge is 2.17. The van der Waals surface area contributed by atoms with Gasteiger partial charge in [0.1, 0.15) is 11.5 Å². The van der Waals surface area contributed by atoms with Gasteiger partial charge in [-0.15, -0.1) is 0 Å². The molecule has 0 amide bonds. The van der Waals surface area contributed by atoms with Crippen LogP contribution >= 0.6 is 11.8 Å². The molecule has 5 heteroatoms. The first-order valence-corrected chi connectivity index (χ1v) is 6.10. The van der Waals surface area contributed by atoms with Crippen LogP contribution in [0.4, 0.5) is 0 Å². The Bertz CT molecular complexity index is 347. The van der Waals surface area contributed by atoms with E-state index in [2.05, 4.69) is 11.9 Å². The van der Waals surface area contributed by atoms with Crippen molar-refractivity contribution >= 4 is 17.7 Å². The molecule has 0 aliphatic heterocycles. The molecule has 0 fully saturated rings. The Morgan fingerprint density at radius 2 is 2.33 bits per heavy atom. The lowest BCUT2D eigenvalue weighted by Gasteiger charge is -2.13. The smallest absolute Gasteiger partial charge is 0.354 e. The number of carboxylic acids is 1. The maximum atomic E-state index is 10.9. The Labute approximate surface area is 93.7 Å². The highest BCUT2D eigenvalue weighted by Crippen LogP contribution is 2.18. The number of aromatic carboxylic acids is 1. The Morgan fingerprint density at radius 1 is 1.67 bits per heavy atom. The molecule has 1 heterocycles. The summed E-state index contributed by atoms with van der Waals surface area (Å²) in [7, 11) is 0. The molecule has 0 saturated carbocycles. The van der Waals surface area contributed by atoms with Gasteiger partial charge in [0, 0.05) is 6.04 Å². The Hall–Kier alpha value is -0.970. The lowest BCUT2D eigenvalue weighted by Crippen LogP contribution is -2.13. The maximum absolute atomic E-state index is 10.9. The number of hydrogen-bond donors (Lipinski definition) is 1. The number of imidazole rings is 1. The summed E-state index contributed by atoms with van der Waals surface area (Å²) in [5, 5.41) is 8.99. The molecule has 0 spiro atoms. The van der Waals surface area contributed by atoms with Crippen LogP contribution in [0.2, 0.25) is 0 Å². The number of aromatic nitrogens is 2. The maximum Gasteiger partial charge on any atom is 0.354 e. The summed E-state index contributed by atoms with van der Waals surface area (Å²) in [6.45, 7) is 6.01. The second-order valence-corrected chi connectivity index (χ2v) is 4.74. The number of thioether (sulfide) groups is 1. The fraction of sp³-hybridized carbons (Fsp3) is 0.600. The van der Waals surface area contributed by atoms with Crippen LogP contribution in [0.1, 0.15) is 43.1 Å². The van der Waals surface area contributed by atoms with Gasteiger partial charge in [-0.05, 0) is 19.6 Å². The molecule has 1 N–H and O–H groups in total. The van der Waals surface area contributed by atoms with Crippen LogP contribution in [0.25, 0.3) is 0 Å². The predicted molar refractivity (Wildman–Crippen MR) is 61.4 cm³/mol. The minimum atomic E-state index is -0.913. The number of carboxylic acid groups (broad SMARTS) is 1. The Kier molecular flexibility index (Phi) is 4.20. The summed E-state index contributed by atoms with van der Waals surface area (Å²) in [5.41, 5.74) is 0.275. The molecule has 0 aliphatic carbocycles. The molecule has 4 nitrogen and oxygen atoms in total. The van der Waals surface area contributed by atoms with Gasteiger partial charge in [0.25, 0.3) is 0 Å². The van der Waals surface area contributed by atoms with E-state index in [9.17, 15) is 4.79 Å². The molecule has 84 valence electrons. The van der Waals surface area contributed by atoms with Crippen molar-refractivity contribution in [1.82, 2.24) is 9.55 Å². The van der Waals surface area contributed by atoms with E-state index >= 15 is 0 Å². The Balaban J connectivity index is 3.01. The third-order valence-corrected chi connectivity index (χ3v) is 2.91. The number of rotatable bonds is 5. The molecule has 1 rings (SSSR count). The van der Waals surface area contributed by atoms with Crippen LogP contribution in [-0.4, -0.2) is 26.4 Å². The van der Waals surface area contributed by atoms with Crippen molar-refractivity contribution in [2.24, 2.45) is 0 Å². The summed E-state index contributed by atoms with van der Waals surface area (Å²) in [6, 6.07) is 0.131. The van der Waals surface area contributed by atoms with E-state index in [1.807, 2.05) is 13.8 Å². The van der Waals surface area contributed by atoms with E-state index in [0.717, 1.165) is 17.3 Å². The third-order valence-electron chi connectivity index (χ3n) is 2.04.